The van der Waals surface area contributed by atoms with E-state index < -0.39 is 47.5 Å². The molecule has 1 atom stereocenters. The van der Waals surface area contributed by atoms with Crippen LogP contribution >= 0.6 is 0 Å². The molecule has 0 radical (unpaired) electrons. The van der Waals surface area contributed by atoms with Crippen molar-refractivity contribution in [2.24, 2.45) is 0 Å². The number of rotatable bonds is 2. The molecule has 3 rings (SSSR count). The van der Waals surface area contributed by atoms with Crippen molar-refractivity contribution < 1.29 is 31.6 Å². The van der Waals surface area contributed by atoms with Gasteiger partial charge in [-0.3, -0.25) is 4.79 Å². The second-order valence-corrected chi connectivity index (χ2v) is 5.00. The van der Waals surface area contributed by atoms with Crippen molar-refractivity contribution in [1.82, 2.24) is 4.57 Å². The summed E-state index contributed by atoms with van der Waals surface area (Å²) in [5.74, 6) is -4.50. The van der Waals surface area contributed by atoms with Crippen molar-refractivity contribution in [3.05, 3.63) is 39.7 Å². The maximum Gasteiger partial charge on any atom is 0.798 e. The number of carbonyl (C=O) groups is 1. The van der Waals surface area contributed by atoms with E-state index in [0.29, 0.717) is 0 Å². The maximum absolute atomic E-state index is 14.1. The largest absolute Gasteiger partial charge is 0.798 e. The molecule has 0 amide bonds. The number of hydrogen-bond acceptors (Lipinski definition) is 4. The Kier molecular flexibility index (Phi) is 3.54. The van der Waals surface area contributed by atoms with Gasteiger partial charge >= 0.3 is 13.4 Å². The van der Waals surface area contributed by atoms with Gasteiger partial charge in [-0.05, 0) is 6.92 Å². The van der Waals surface area contributed by atoms with Crippen LogP contribution in [0.2, 0.25) is 0 Å². The van der Waals surface area contributed by atoms with Gasteiger partial charge in [-0.1, -0.05) is 0 Å². The Bertz CT molecular complexity index is 883. The van der Waals surface area contributed by atoms with Gasteiger partial charge in [-0.25, -0.2) is 22.2 Å². The SMILES string of the molecule is CC1COc2cc(F)c(F)c3c(=O)c(C(=O)OB(F)F)cn1c23. The zero-order valence-corrected chi connectivity index (χ0v) is 11.6. The normalized spacial score (nSPS) is 16.1. The van der Waals surface area contributed by atoms with E-state index in [1.54, 1.807) is 6.92 Å². The summed E-state index contributed by atoms with van der Waals surface area (Å²) in [6, 6.07) is 0.352. The summed E-state index contributed by atoms with van der Waals surface area (Å²) in [6.45, 7) is 1.70. The van der Waals surface area contributed by atoms with Gasteiger partial charge in [0.05, 0.1) is 16.9 Å². The van der Waals surface area contributed by atoms with E-state index in [4.69, 9.17) is 4.74 Å². The first kappa shape index (κ1) is 15.4. The van der Waals surface area contributed by atoms with Crippen LogP contribution in [0.15, 0.2) is 17.1 Å². The number of nitrogens with zero attached hydrogens (tertiary/aromatic N) is 1. The number of ether oxygens (including phenoxy) is 1. The van der Waals surface area contributed by atoms with Gasteiger partial charge in [-0.15, -0.1) is 0 Å². The van der Waals surface area contributed by atoms with E-state index in [0.717, 1.165) is 12.3 Å². The van der Waals surface area contributed by atoms with Crippen LogP contribution in [0.25, 0.3) is 10.9 Å². The lowest BCUT2D eigenvalue weighted by atomic mass is 10.1. The molecule has 23 heavy (non-hydrogen) atoms. The number of benzene rings is 1. The minimum absolute atomic E-state index is 0.0405. The molecular formula is C13H8BF4NO4. The summed E-state index contributed by atoms with van der Waals surface area (Å²) in [4.78, 5) is 23.9. The summed E-state index contributed by atoms with van der Waals surface area (Å²) in [6.07, 6.45) is 0.989. The van der Waals surface area contributed by atoms with E-state index in [2.05, 4.69) is 4.65 Å². The number of carbonyl (C=O) groups excluding carboxylic acids is 1. The van der Waals surface area contributed by atoms with Gasteiger partial charge in [0.15, 0.2) is 11.6 Å². The third kappa shape index (κ3) is 2.34. The molecule has 1 unspecified atom stereocenters. The van der Waals surface area contributed by atoms with Gasteiger partial charge in [0, 0.05) is 12.3 Å². The molecule has 1 aliphatic heterocycles. The highest BCUT2D eigenvalue weighted by molar-refractivity contribution is 6.38. The molecule has 0 saturated carbocycles. The third-order valence-electron chi connectivity index (χ3n) is 3.53. The number of halogens is 4. The molecule has 1 aromatic carbocycles. The Morgan fingerprint density at radius 1 is 1.43 bits per heavy atom. The Morgan fingerprint density at radius 3 is 2.78 bits per heavy atom. The van der Waals surface area contributed by atoms with Crippen molar-refractivity contribution in [2.45, 2.75) is 13.0 Å². The molecule has 5 nitrogen and oxygen atoms in total. The molecule has 0 N–H and O–H groups in total. The molecule has 0 fully saturated rings. The van der Waals surface area contributed by atoms with Crippen molar-refractivity contribution in [1.29, 1.82) is 0 Å². The summed E-state index contributed by atoms with van der Waals surface area (Å²) >= 11 is 0. The van der Waals surface area contributed by atoms with Crippen LogP contribution in [0, 0.1) is 11.6 Å². The van der Waals surface area contributed by atoms with Crippen LogP contribution in [0.5, 0.6) is 5.75 Å². The number of hydrogen-bond donors (Lipinski definition) is 0. The molecule has 0 aliphatic carbocycles. The molecule has 1 aromatic heterocycles. The molecule has 0 bridgehead atoms. The van der Waals surface area contributed by atoms with Crippen LogP contribution < -0.4 is 10.2 Å². The average molecular weight is 329 g/mol. The van der Waals surface area contributed by atoms with Gasteiger partial charge in [0.2, 0.25) is 5.43 Å². The van der Waals surface area contributed by atoms with Crippen LogP contribution in [0.1, 0.15) is 23.3 Å². The lowest BCUT2D eigenvalue weighted by Crippen LogP contribution is -2.28. The second kappa shape index (κ2) is 5.29. The zero-order valence-electron chi connectivity index (χ0n) is 11.6. The van der Waals surface area contributed by atoms with E-state index in [9.17, 15) is 27.0 Å². The summed E-state index contributed by atoms with van der Waals surface area (Å²) in [7, 11) is -3.44. The van der Waals surface area contributed by atoms with E-state index in [-0.39, 0.29) is 17.9 Å². The summed E-state index contributed by atoms with van der Waals surface area (Å²) in [5, 5.41) is -0.740. The average Bonchev–Trinajstić information content (AvgIpc) is 2.47. The monoisotopic (exact) mass is 329 g/mol. The summed E-state index contributed by atoms with van der Waals surface area (Å²) < 4.78 is 62.3. The fourth-order valence-electron chi connectivity index (χ4n) is 2.49. The maximum atomic E-state index is 14.1. The first-order chi connectivity index (χ1) is 10.8. The minimum Gasteiger partial charge on any atom is -0.489 e. The van der Waals surface area contributed by atoms with E-state index in [1.807, 2.05) is 0 Å². The van der Waals surface area contributed by atoms with Crippen molar-refractivity contribution in [3.8, 4) is 5.75 Å². The molecule has 120 valence electrons. The zero-order chi connectivity index (χ0) is 16.9. The van der Waals surface area contributed by atoms with Crippen molar-refractivity contribution in [2.75, 3.05) is 6.61 Å². The first-order valence-corrected chi connectivity index (χ1v) is 6.50. The Morgan fingerprint density at radius 2 is 2.13 bits per heavy atom. The van der Waals surface area contributed by atoms with Crippen LogP contribution in [-0.4, -0.2) is 24.6 Å². The van der Waals surface area contributed by atoms with Crippen LogP contribution in [-0.2, 0) is 4.65 Å². The second-order valence-electron chi connectivity index (χ2n) is 5.00. The molecule has 2 aromatic rings. The van der Waals surface area contributed by atoms with Crippen molar-refractivity contribution in [3.63, 3.8) is 0 Å². The van der Waals surface area contributed by atoms with E-state index in [1.165, 1.54) is 4.57 Å². The Labute approximate surface area is 126 Å². The van der Waals surface area contributed by atoms with Crippen molar-refractivity contribution >= 4 is 24.3 Å². The molecule has 0 saturated heterocycles. The van der Waals surface area contributed by atoms with Crippen LogP contribution in [0.3, 0.4) is 0 Å². The highest BCUT2D eigenvalue weighted by Crippen LogP contribution is 2.34. The smallest absolute Gasteiger partial charge is 0.489 e. The van der Waals surface area contributed by atoms with E-state index >= 15 is 0 Å². The lowest BCUT2D eigenvalue weighted by Gasteiger charge is -2.27. The highest BCUT2D eigenvalue weighted by atomic mass is 19.2. The molecule has 2 heterocycles. The standard InChI is InChI=1S/C13H8BF4NO4/c1-5-4-22-8-2-7(15)10(16)9-11(8)19(5)3-6(12(9)20)13(21)23-14(17)18/h2-3,5H,4H2,1H3. The third-order valence-corrected chi connectivity index (χ3v) is 3.53. The Balaban J connectivity index is 2.39. The minimum atomic E-state index is -3.44. The fraction of sp³-hybridized carbons (Fsp3) is 0.231. The van der Waals surface area contributed by atoms with Gasteiger partial charge in [0.1, 0.15) is 17.9 Å². The summed E-state index contributed by atoms with van der Waals surface area (Å²) in [5.41, 5.74) is -2.08. The lowest BCUT2D eigenvalue weighted by molar-refractivity contribution is 0.0692. The molecule has 10 heteroatoms. The Hall–Kier alpha value is -2.52. The number of aromatic nitrogens is 1. The predicted octanol–water partition coefficient (Wildman–Crippen LogP) is 2.31. The predicted molar refractivity (Wildman–Crippen MR) is 71.7 cm³/mol. The van der Waals surface area contributed by atoms with Crippen LogP contribution in [0.4, 0.5) is 17.4 Å². The highest BCUT2D eigenvalue weighted by Gasteiger charge is 2.30. The fourth-order valence-corrected chi connectivity index (χ4v) is 2.49. The topological polar surface area (TPSA) is 57.5 Å². The van der Waals surface area contributed by atoms with Gasteiger partial charge in [-0.2, -0.15) is 0 Å². The van der Waals surface area contributed by atoms with Gasteiger partial charge < -0.3 is 14.0 Å². The molecule has 0 spiro atoms. The quantitative estimate of drug-likeness (QED) is 0.627. The molecular weight excluding hydrogens is 321 g/mol. The first-order valence-electron chi connectivity index (χ1n) is 6.50. The molecule has 1 aliphatic rings. The number of pyridine rings is 1. The van der Waals surface area contributed by atoms with Gasteiger partial charge in [0.25, 0.3) is 0 Å².